The van der Waals surface area contributed by atoms with Crippen molar-refractivity contribution in [1.29, 1.82) is 0 Å². The summed E-state index contributed by atoms with van der Waals surface area (Å²) in [5, 5.41) is 2.21. The molecular weight excluding hydrogens is 370 g/mol. The number of amides is 4. The van der Waals surface area contributed by atoms with Crippen molar-refractivity contribution in [2.24, 2.45) is 10.9 Å². The second kappa shape index (κ2) is 8.68. The summed E-state index contributed by atoms with van der Waals surface area (Å²) in [6, 6.07) is 13.3. The number of anilines is 1. The molecule has 150 valence electrons. The molecule has 1 aliphatic heterocycles. The van der Waals surface area contributed by atoms with Crippen LogP contribution in [-0.4, -0.2) is 31.2 Å². The van der Waals surface area contributed by atoms with Crippen LogP contribution >= 0.6 is 0 Å². The zero-order valence-electron chi connectivity index (χ0n) is 16.6. The summed E-state index contributed by atoms with van der Waals surface area (Å²) in [5.41, 5.74) is 2.18. The predicted molar refractivity (Wildman–Crippen MR) is 111 cm³/mol. The number of hydrogen-bond donors (Lipinski definition) is 1. The number of rotatable bonds is 6. The Morgan fingerprint density at radius 3 is 2.34 bits per heavy atom. The Hall–Kier alpha value is -3.48. The van der Waals surface area contributed by atoms with E-state index >= 15 is 0 Å². The van der Waals surface area contributed by atoms with Crippen LogP contribution in [0.15, 0.2) is 53.5 Å². The van der Waals surface area contributed by atoms with E-state index in [0.717, 1.165) is 11.3 Å². The van der Waals surface area contributed by atoms with E-state index in [1.54, 1.807) is 24.3 Å². The summed E-state index contributed by atoms with van der Waals surface area (Å²) in [6.45, 7) is 4.27. The van der Waals surface area contributed by atoms with Crippen molar-refractivity contribution in [2.75, 3.05) is 12.0 Å². The second-order valence-electron chi connectivity index (χ2n) is 6.82. The van der Waals surface area contributed by atoms with Gasteiger partial charge in [-0.3, -0.25) is 19.9 Å². The fraction of sp³-hybridized carbons (Fsp3) is 0.273. The maximum absolute atomic E-state index is 12.8. The number of ether oxygens (including phenoxy) is 1. The lowest BCUT2D eigenvalue weighted by molar-refractivity contribution is -0.131. The number of urea groups is 1. The fourth-order valence-corrected chi connectivity index (χ4v) is 2.98. The van der Waals surface area contributed by atoms with Gasteiger partial charge in [0, 0.05) is 6.21 Å². The Morgan fingerprint density at radius 1 is 1.10 bits per heavy atom. The molecule has 4 amide bonds. The number of barbiturate groups is 1. The summed E-state index contributed by atoms with van der Waals surface area (Å²) < 4.78 is 5.09. The van der Waals surface area contributed by atoms with Crippen LogP contribution in [-0.2, 0) is 9.59 Å². The standard InChI is InChI=1S/C22H23N3O4/c1-4-14(2)15-5-7-16(8-6-15)23-13-19-20(26)24-22(28)25(21(19)27)17-9-11-18(29-3)12-10-17/h5-14,19H,4H2,1-3H3,(H,24,26,28)/t14-,19-/m0/s1. The molecule has 1 saturated heterocycles. The highest BCUT2D eigenvalue weighted by Gasteiger charge is 2.40. The van der Waals surface area contributed by atoms with E-state index in [4.69, 9.17) is 4.74 Å². The number of carbonyl (C=O) groups is 3. The summed E-state index contributed by atoms with van der Waals surface area (Å²) in [4.78, 5) is 42.5. The molecule has 29 heavy (non-hydrogen) atoms. The molecule has 0 unspecified atom stereocenters. The van der Waals surface area contributed by atoms with Gasteiger partial charge in [-0.2, -0.15) is 0 Å². The average molecular weight is 393 g/mol. The van der Waals surface area contributed by atoms with Gasteiger partial charge in [-0.25, -0.2) is 9.69 Å². The van der Waals surface area contributed by atoms with Crippen LogP contribution in [0.25, 0.3) is 0 Å². The van der Waals surface area contributed by atoms with Gasteiger partial charge in [0.1, 0.15) is 5.75 Å². The zero-order chi connectivity index (χ0) is 21.0. The van der Waals surface area contributed by atoms with Crippen molar-refractivity contribution < 1.29 is 19.1 Å². The minimum absolute atomic E-state index is 0.345. The Kier molecular flexibility index (Phi) is 6.07. The number of nitrogens with one attached hydrogen (secondary N) is 1. The number of benzene rings is 2. The van der Waals surface area contributed by atoms with Crippen LogP contribution in [0.4, 0.5) is 16.2 Å². The second-order valence-corrected chi connectivity index (χ2v) is 6.82. The van der Waals surface area contributed by atoms with E-state index in [2.05, 4.69) is 24.2 Å². The number of nitrogens with zero attached hydrogens (tertiary/aromatic N) is 2. The van der Waals surface area contributed by atoms with Crippen molar-refractivity contribution >= 4 is 35.4 Å². The SMILES string of the molecule is CC[C@H](C)c1ccc(N=C[C@H]2C(=O)NC(=O)N(c3ccc(OC)cc3)C2=O)cc1. The van der Waals surface area contributed by atoms with Gasteiger partial charge in [0.2, 0.25) is 5.91 Å². The van der Waals surface area contributed by atoms with Crippen molar-refractivity contribution in [3.8, 4) is 5.75 Å². The molecule has 1 fully saturated rings. The number of carbonyl (C=O) groups excluding carboxylic acids is 3. The largest absolute Gasteiger partial charge is 0.497 e. The third kappa shape index (κ3) is 4.34. The fourth-order valence-electron chi connectivity index (χ4n) is 2.98. The highest BCUT2D eigenvalue weighted by atomic mass is 16.5. The van der Waals surface area contributed by atoms with Gasteiger partial charge < -0.3 is 4.74 Å². The van der Waals surface area contributed by atoms with E-state index in [0.29, 0.717) is 23.0 Å². The predicted octanol–water partition coefficient (Wildman–Crippen LogP) is 3.81. The third-order valence-electron chi connectivity index (χ3n) is 4.98. The molecule has 2 atom stereocenters. The van der Waals surface area contributed by atoms with E-state index in [9.17, 15) is 14.4 Å². The van der Waals surface area contributed by atoms with Crippen molar-refractivity contribution in [3.05, 3.63) is 54.1 Å². The van der Waals surface area contributed by atoms with Crippen LogP contribution in [0.5, 0.6) is 5.75 Å². The Labute approximate surface area is 169 Å². The number of methoxy groups -OCH3 is 1. The lowest BCUT2D eigenvalue weighted by atomic mass is 9.99. The van der Waals surface area contributed by atoms with Crippen molar-refractivity contribution in [1.82, 2.24) is 5.32 Å². The molecule has 0 radical (unpaired) electrons. The minimum atomic E-state index is -1.19. The number of imide groups is 2. The van der Waals surface area contributed by atoms with E-state index < -0.39 is 23.8 Å². The van der Waals surface area contributed by atoms with Gasteiger partial charge in [0.25, 0.3) is 5.91 Å². The van der Waals surface area contributed by atoms with Gasteiger partial charge in [0.05, 0.1) is 18.5 Å². The first-order valence-electron chi connectivity index (χ1n) is 9.41. The summed E-state index contributed by atoms with van der Waals surface area (Å²) in [7, 11) is 1.52. The van der Waals surface area contributed by atoms with Crippen LogP contribution in [0.1, 0.15) is 31.7 Å². The van der Waals surface area contributed by atoms with E-state index in [1.807, 2.05) is 24.3 Å². The van der Waals surface area contributed by atoms with Crippen molar-refractivity contribution in [3.63, 3.8) is 0 Å². The molecule has 1 heterocycles. The molecular formula is C22H23N3O4. The van der Waals surface area contributed by atoms with Gasteiger partial charge in [-0.15, -0.1) is 0 Å². The average Bonchev–Trinajstić information content (AvgIpc) is 2.73. The molecule has 3 rings (SSSR count). The topological polar surface area (TPSA) is 88.1 Å². The lowest BCUT2D eigenvalue weighted by Crippen LogP contribution is -2.58. The van der Waals surface area contributed by atoms with Gasteiger partial charge in [0.15, 0.2) is 5.92 Å². The molecule has 1 aliphatic rings. The highest BCUT2D eigenvalue weighted by Crippen LogP contribution is 2.24. The maximum atomic E-state index is 12.8. The smallest absolute Gasteiger partial charge is 0.335 e. The maximum Gasteiger partial charge on any atom is 0.335 e. The summed E-state index contributed by atoms with van der Waals surface area (Å²) >= 11 is 0. The summed E-state index contributed by atoms with van der Waals surface area (Å²) in [5.74, 6) is -1.49. The number of hydrogen-bond acceptors (Lipinski definition) is 5. The van der Waals surface area contributed by atoms with Gasteiger partial charge in [-0.1, -0.05) is 26.0 Å². The summed E-state index contributed by atoms with van der Waals surface area (Å²) in [6.07, 6.45) is 2.31. The first-order chi connectivity index (χ1) is 13.9. The van der Waals surface area contributed by atoms with Gasteiger partial charge >= 0.3 is 6.03 Å². The Morgan fingerprint density at radius 2 is 1.76 bits per heavy atom. The molecule has 0 spiro atoms. The molecule has 0 aliphatic carbocycles. The number of aliphatic imine (C=N–C) groups is 1. The van der Waals surface area contributed by atoms with Crippen LogP contribution < -0.4 is 15.0 Å². The molecule has 2 aromatic carbocycles. The molecule has 1 N–H and O–H groups in total. The Bertz CT molecular complexity index is 936. The van der Waals surface area contributed by atoms with Crippen LogP contribution in [0.3, 0.4) is 0 Å². The monoisotopic (exact) mass is 393 g/mol. The molecule has 7 heteroatoms. The quantitative estimate of drug-likeness (QED) is 0.597. The minimum Gasteiger partial charge on any atom is -0.497 e. The Balaban J connectivity index is 1.80. The van der Waals surface area contributed by atoms with Crippen LogP contribution in [0.2, 0.25) is 0 Å². The zero-order valence-corrected chi connectivity index (χ0v) is 16.6. The molecule has 0 aromatic heterocycles. The third-order valence-corrected chi connectivity index (χ3v) is 4.98. The molecule has 0 saturated carbocycles. The van der Waals surface area contributed by atoms with Crippen molar-refractivity contribution in [2.45, 2.75) is 26.2 Å². The first-order valence-corrected chi connectivity index (χ1v) is 9.41. The molecule has 2 aromatic rings. The van der Waals surface area contributed by atoms with Gasteiger partial charge in [-0.05, 0) is 54.3 Å². The van der Waals surface area contributed by atoms with Crippen LogP contribution in [0, 0.1) is 5.92 Å². The lowest BCUT2D eigenvalue weighted by Gasteiger charge is -2.28. The van der Waals surface area contributed by atoms with E-state index in [-0.39, 0.29) is 0 Å². The first kappa shape index (κ1) is 20.3. The molecule has 7 nitrogen and oxygen atoms in total. The molecule has 0 bridgehead atoms. The van der Waals surface area contributed by atoms with E-state index in [1.165, 1.54) is 18.9 Å². The highest BCUT2D eigenvalue weighted by molar-refractivity contribution is 6.32. The normalized spacial score (nSPS) is 18.1.